The summed E-state index contributed by atoms with van der Waals surface area (Å²) < 4.78 is 19.0. The molecule has 0 spiro atoms. The predicted octanol–water partition coefficient (Wildman–Crippen LogP) is 1.44. The average molecular weight is 221 g/mol. The minimum Gasteiger partial charge on any atom is -0.490 e. The highest BCUT2D eigenvalue weighted by Crippen LogP contribution is 2.34. The van der Waals surface area contributed by atoms with Gasteiger partial charge in [0.1, 0.15) is 0 Å². The highest BCUT2D eigenvalue weighted by Gasteiger charge is 2.27. The van der Waals surface area contributed by atoms with Crippen molar-refractivity contribution in [3.63, 3.8) is 0 Å². The van der Waals surface area contributed by atoms with Gasteiger partial charge in [-0.2, -0.15) is 0 Å². The van der Waals surface area contributed by atoms with E-state index < -0.39 is 0 Å². The van der Waals surface area contributed by atoms with E-state index in [2.05, 4.69) is 5.32 Å². The van der Waals surface area contributed by atoms with Crippen LogP contribution in [0.15, 0.2) is 6.07 Å². The molecule has 0 aromatic heterocycles. The first kappa shape index (κ1) is 9.63. The van der Waals surface area contributed by atoms with Gasteiger partial charge in [0.05, 0.1) is 6.61 Å². The highest BCUT2D eigenvalue weighted by atomic mass is 19.1. The number of nitrogens with one attached hydrogen (secondary N) is 1. The van der Waals surface area contributed by atoms with Crippen LogP contribution < -0.4 is 10.1 Å². The SMILES string of the molecule is O=C1NCCc2cc(F)c3c(c21)CCCO3. The summed E-state index contributed by atoms with van der Waals surface area (Å²) >= 11 is 0. The van der Waals surface area contributed by atoms with Crippen molar-refractivity contribution in [2.75, 3.05) is 13.2 Å². The van der Waals surface area contributed by atoms with Crippen molar-refractivity contribution in [3.05, 3.63) is 28.6 Å². The standard InChI is InChI=1S/C12H12FNO2/c13-9-6-7-3-4-14-12(15)10(7)8-2-1-5-16-11(8)9/h6H,1-5H2,(H,14,15). The lowest BCUT2D eigenvalue weighted by Crippen LogP contribution is -2.34. The Morgan fingerprint density at radius 3 is 3.12 bits per heavy atom. The second-order valence-corrected chi connectivity index (χ2v) is 4.16. The molecule has 0 bridgehead atoms. The van der Waals surface area contributed by atoms with Crippen LogP contribution in [-0.4, -0.2) is 19.1 Å². The quantitative estimate of drug-likeness (QED) is 0.719. The van der Waals surface area contributed by atoms with Crippen LogP contribution >= 0.6 is 0 Å². The first-order valence-electron chi connectivity index (χ1n) is 5.52. The highest BCUT2D eigenvalue weighted by molar-refractivity contribution is 5.99. The van der Waals surface area contributed by atoms with Gasteiger partial charge in [0.15, 0.2) is 11.6 Å². The van der Waals surface area contributed by atoms with E-state index in [1.165, 1.54) is 6.07 Å². The van der Waals surface area contributed by atoms with E-state index in [4.69, 9.17) is 4.74 Å². The Morgan fingerprint density at radius 2 is 2.25 bits per heavy atom. The van der Waals surface area contributed by atoms with Gasteiger partial charge < -0.3 is 10.1 Å². The lowest BCUT2D eigenvalue weighted by molar-refractivity contribution is 0.0943. The molecule has 0 radical (unpaired) electrons. The normalized spacial score (nSPS) is 18.2. The van der Waals surface area contributed by atoms with E-state index >= 15 is 0 Å². The first-order valence-corrected chi connectivity index (χ1v) is 5.52. The molecule has 1 aromatic carbocycles. The smallest absolute Gasteiger partial charge is 0.251 e. The monoisotopic (exact) mass is 221 g/mol. The molecule has 16 heavy (non-hydrogen) atoms. The molecule has 3 rings (SSSR count). The summed E-state index contributed by atoms with van der Waals surface area (Å²) in [5.41, 5.74) is 2.20. The van der Waals surface area contributed by atoms with Gasteiger partial charge in [0, 0.05) is 17.7 Å². The third kappa shape index (κ3) is 1.29. The third-order valence-electron chi connectivity index (χ3n) is 3.14. The van der Waals surface area contributed by atoms with Gasteiger partial charge in [-0.05, 0) is 30.9 Å². The van der Waals surface area contributed by atoms with E-state index in [0.717, 1.165) is 24.0 Å². The van der Waals surface area contributed by atoms with Crippen molar-refractivity contribution in [2.45, 2.75) is 19.3 Å². The molecule has 1 amide bonds. The summed E-state index contributed by atoms with van der Waals surface area (Å²) in [5.74, 6) is -0.145. The number of hydrogen-bond donors (Lipinski definition) is 1. The average Bonchev–Trinajstić information content (AvgIpc) is 2.29. The van der Waals surface area contributed by atoms with Crippen molar-refractivity contribution < 1.29 is 13.9 Å². The molecular weight excluding hydrogens is 209 g/mol. The topological polar surface area (TPSA) is 38.3 Å². The lowest BCUT2D eigenvalue weighted by atomic mass is 9.91. The lowest BCUT2D eigenvalue weighted by Gasteiger charge is -2.25. The number of ether oxygens (including phenoxy) is 1. The van der Waals surface area contributed by atoms with Crippen LogP contribution in [0.5, 0.6) is 5.75 Å². The maximum absolute atomic E-state index is 13.7. The summed E-state index contributed by atoms with van der Waals surface area (Å²) in [7, 11) is 0. The molecule has 0 unspecified atom stereocenters. The zero-order chi connectivity index (χ0) is 11.1. The molecule has 2 aliphatic rings. The Bertz CT molecular complexity index is 471. The Labute approximate surface area is 92.6 Å². The van der Waals surface area contributed by atoms with E-state index in [1.807, 2.05) is 0 Å². The van der Waals surface area contributed by atoms with Crippen molar-refractivity contribution in [1.82, 2.24) is 5.32 Å². The number of halogens is 1. The van der Waals surface area contributed by atoms with Crippen LogP contribution in [0.2, 0.25) is 0 Å². The van der Waals surface area contributed by atoms with Gasteiger partial charge in [0.25, 0.3) is 5.91 Å². The largest absolute Gasteiger partial charge is 0.490 e. The number of carbonyl (C=O) groups excluding carboxylic acids is 1. The van der Waals surface area contributed by atoms with Crippen LogP contribution in [-0.2, 0) is 12.8 Å². The molecule has 0 atom stereocenters. The molecular formula is C12H12FNO2. The second-order valence-electron chi connectivity index (χ2n) is 4.16. The van der Waals surface area contributed by atoms with Gasteiger partial charge in [-0.3, -0.25) is 4.79 Å². The van der Waals surface area contributed by atoms with Crippen molar-refractivity contribution in [2.24, 2.45) is 0 Å². The summed E-state index contributed by atoms with van der Waals surface area (Å²) in [6.07, 6.45) is 2.27. The fraction of sp³-hybridized carbons (Fsp3) is 0.417. The Morgan fingerprint density at radius 1 is 1.38 bits per heavy atom. The maximum atomic E-state index is 13.7. The third-order valence-corrected chi connectivity index (χ3v) is 3.14. The van der Waals surface area contributed by atoms with Gasteiger partial charge >= 0.3 is 0 Å². The van der Waals surface area contributed by atoms with Gasteiger partial charge in [-0.25, -0.2) is 4.39 Å². The van der Waals surface area contributed by atoms with E-state index in [1.54, 1.807) is 0 Å². The number of hydrogen-bond acceptors (Lipinski definition) is 2. The molecule has 4 heteroatoms. The molecule has 0 saturated carbocycles. The van der Waals surface area contributed by atoms with Crippen LogP contribution in [0.1, 0.15) is 27.9 Å². The fourth-order valence-corrected chi connectivity index (χ4v) is 2.44. The van der Waals surface area contributed by atoms with Gasteiger partial charge in [-0.15, -0.1) is 0 Å². The van der Waals surface area contributed by atoms with Crippen LogP contribution in [0.3, 0.4) is 0 Å². The van der Waals surface area contributed by atoms with Crippen LogP contribution in [0.25, 0.3) is 0 Å². The van der Waals surface area contributed by atoms with Crippen molar-refractivity contribution in [3.8, 4) is 5.75 Å². The van der Waals surface area contributed by atoms with E-state index in [-0.39, 0.29) is 17.5 Å². The van der Waals surface area contributed by atoms with E-state index in [0.29, 0.717) is 25.1 Å². The molecule has 2 heterocycles. The number of benzene rings is 1. The van der Waals surface area contributed by atoms with Gasteiger partial charge in [-0.1, -0.05) is 0 Å². The summed E-state index contributed by atoms with van der Waals surface area (Å²) in [4.78, 5) is 11.8. The van der Waals surface area contributed by atoms with Crippen molar-refractivity contribution in [1.29, 1.82) is 0 Å². The molecule has 84 valence electrons. The first-order chi connectivity index (χ1) is 7.77. The molecule has 0 fully saturated rings. The molecule has 1 aromatic rings. The molecule has 1 N–H and O–H groups in total. The zero-order valence-corrected chi connectivity index (χ0v) is 8.81. The summed E-state index contributed by atoms with van der Waals surface area (Å²) in [5, 5.41) is 2.79. The second kappa shape index (κ2) is 3.47. The number of fused-ring (bicyclic) bond motifs is 3. The summed E-state index contributed by atoms with van der Waals surface area (Å²) in [6, 6.07) is 1.44. The Kier molecular flexibility index (Phi) is 2.09. The minimum absolute atomic E-state index is 0.0944. The predicted molar refractivity (Wildman–Crippen MR) is 56.3 cm³/mol. The summed E-state index contributed by atoms with van der Waals surface area (Å²) in [6.45, 7) is 1.12. The maximum Gasteiger partial charge on any atom is 0.251 e. The number of rotatable bonds is 0. The van der Waals surface area contributed by atoms with E-state index in [9.17, 15) is 9.18 Å². The van der Waals surface area contributed by atoms with Gasteiger partial charge in [0.2, 0.25) is 0 Å². The number of amides is 1. The molecule has 2 aliphatic heterocycles. The Hall–Kier alpha value is -1.58. The molecule has 0 saturated heterocycles. The van der Waals surface area contributed by atoms with Crippen molar-refractivity contribution >= 4 is 5.91 Å². The van der Waals surface area contributed by atoms with Crippen LogP contribution in [0, 0.1) is 5.82 Å². The Balaban J connectivity index is 2.25. The minimum atomic E-state index is -0.330. The fourth-order valence-electron chi connectivity index (χ4n) is 2.44. The molecule has 3 nitrogen and oxygen atoms in total. The van der Waals surface area contributed by atoms with Crippen LogP contribution in [0.4, 0.5) is 4.39 Å². The number of carbonyl (C=O) groups is 1. The zero-order valence-electron chi connectivity index (χ0n) is 8.81. The molecule has 0 aliphatic carbocycles.